The molecule has 0 aliphatic carbocycles. The molecular weight excluding hydrogens is 580 g/mol. The van der Waals surface area contributed by atoms with Crippen molar-refractivity contribution in [2.45, 2.75) is 56.4 Å². The van der Waals surface area contributed by atoms with Crippen LogP contribution in [0.3, 0.4) is 0 Å². The number of anilines is 1. The Morgan fingerprint density at radius 1 is 1.12 bits per heavy atom. The SMILES string of the molecule is O=C(NCCCCCCNc1ncnc2c1ncn2[C@@H]1O[C@H](COP(=O)(O)O)[C@@H](O)[C@H]1O)C(F)(F)F.c1c[nH]cn1. The standard InChI is InChI=1S/C18H26F3N6O8P.C3H4N2/c19-18(20,21)17(30)23-6-4-2-1-3-5-22-14-11-15(25-8-24-14)27(9-26-11)16-13(29)12(28)10(35-16)7-34-36(31,32)33;1-2-5-3-4-1/h8-10,12-13,16,28-29H,1-7H2,(H,23,30)(H,22,24,25)(H2,31,32,33);1-3H,(H,4,5)/t10-,12-,13-,16-;/m1./s1. The summed E-state index contributed by atoms with van der Waals surface area (Å²) in [5.41, 5.74) is 0.605. The molecule has 7 N–H and O–H groups in total. The lowest BCUT2D eigenvalue weighted by Crippen LogP contribution is -2.37. The average molecular weight is 610 g/mol. The zero-order chi connectivity index (χ0) is 30.0. The average Bonchev–Trinajstić information content (AvgIpc) is 3.67. The first kappa shape index (κ1) is 32.3. The highest BCUT2D eigenvalue weighted by Crippen LogP contribution is 2.39. The van der Waals surface area contributed by atoms with Crippen molar-refractivity contribution >= 4 is 30.7 Å². The molecule has 0 saturated carbocycles. The molecule has 1 fully saturated rings. The quantitative estimate of drug-likeness (QED) is 0.110. The summed E-state index contributed by atoms with van der Waals surface area (Å²) in [4.78, 5) is 47.3. The number of aliphatic hydroxyl groups excluding tert-OH is 2. The molecule has 3 aromatic heterocycles. The number of rotatable bonds is 12. The van der Waals surface area contributed by atoms with E-state index in [4.69, 9.17) is 14.5 Å². The first-order chi connectivity index (χ1) is 19.4. The smallest absolute Gasteiger partial charge is 0.387 e. The number of imidazole rings is 2. The van der Waals surface area contributed by atoms with Crippen LogP contribution in [0.25, 0.3) is 11.2 Å². The number of aromatic amines is 1. The van der Waals surface area contributed by atoms with Crippen molar-refractivity contribution in [1.82, 2.24) is 34.8 Å². The number of fused-ring (bicyclic) bond motifs is 1. The van der Waals surface area contributed by atoms with Gasteiger partial charge in [0.1, 0.15) is 24.6 Å². The third kappa shape index (κ3) is 9.70. The molecule has 4 rings (SSSR count). The first-order valence-corrected chi connectivity index (χ1v) is 13.8. The largest absolute Gasteiger partial charge is 0.471 e. The second-order valence-corrected chi connectivity index (χ2v) is 9.97. The highest BCUT2D eigenvalue weighted by molar-refractivity contribution is 7.46. The lowest BCUT2D eigenvalue weighted by molar-refractivity contribution is -0.173. The molecule has 0 radical (unpaired) electrons. The normalized spacial score (nSPS) is 21.0. The highest BCUT2D eigenvalue weighted by Gasteiger charge is 2.45. The summed E-state index contributed by atoms with van der Waals surface area (Å²) in [6.07, 6.45) is -0.187. The van der Waals surface area contributed by atoms with Gasteiger partial charge < -0.3 is 40.4 Å². The number of nitrogens with zero attached hydrogens (tertiary/aromatic N) is 5. The van der Waals surface area contributed by atoms with Gasteiger partial charge in [0.15, 0.2) is 23.2 Å². The maximum Gasteiger partial charge on any atom is 0.471 e. The molecule has 1 aliphatic rings. The van der Waals surface area contributed by atoms with Crippen LogP contribution in [0.5, 0.6) is 0 Å². The third-order valence-corrected chi connectivity index (χ3v) is 6.21. The summed E-state index contributed by atoms with van der Waals surface area (Å²) in [6, 6.07) is 0. The van der Waals surface area contributed by atoms with Gasteiger partial charge in [-0.1, -0.05) is 12.8 Å². The van der Waals surface area contributed by atoms with Crippen molar-refractivity contribution in [2.75, 3.05) is 25.0 Å². The molecular formula is C21H30F3N8O8P. The van der Waals surface area contributed by atoms with Gasteiger partial charge in [0.2, 0.25) is 0 Å². The van der Waals surface area contributed by atoms with Crippen molar-refractivity contribution in [1.29, 1.82) is 0 Å². The Hall–Kier alpha value is -3.19. The van der Waals surface area contributed by atoms with E-state index in [9.17, 15) is 32.7 Å². The van der Waals surface area contributed by atoms with Crippen molar-refractivity contribution < 1.29 is 51.8 Å². The number of H-pyrrole nitrogens is 1. The van der Waals surface area contributed by atoms with E-state index in [1.807, 2.05) is 5.32 Å². The second-order valence-electron chi connectivity index (χ2n) is 8.73. The monoisotopic (exact) mass is 610 g/mol. The van der Waals surface area contributed by atoms with Gasteiger partial charge in [-0.05, 0) is 12.8 Å². The van der Waals surface area contributed by atoms with Gasteiger partial charge >= 0.3 is 19.9 Å². The number of halogens is 3. The summed E-state index contributed by atoms with van der Waals surface area (Å²) < 4.78 is 58.5. The minimum absolute atomic E-state index is 0.0637. The zero-order valence-electron chi connectivity index (χ0n) is 21.4. The Labute approximate surface area is 230 Å². The van der Waals surface area contributed by atoms with Gasteiger partial charge in [0, 0.05) is 25.5 Å². The van der Waals surface area contributed by atoms with E-state index in [1.165, 1.54) is 17.2 Å². The molecule has 1 saturated heterocycles. The molecule has 0 unspecified atom stereocenters. The predicted molar refractivity (Wildman–Crippen MR) is 134 cm³/mol. The van der Waals surface area contributed by atoms with Crippen LogP contribution in [0.4, 0.5) is 19.0 Å². The highest BCUT2D eigenvalue weighted by atomic mass is 31.2. The Balaban J connectivity index is 0.000000832. The summed E-state index contributed by atoms with van der Waals surface area (Å²) in [5, 5.41) is 25.5. The number of phosphoric acid groups is 1. The van der Waals surface area contributed by atoms with Crippen LogP contribution >= 0.6 is 7.82 Å². The van der Waals surface area contributed by atoms with E-state index in [-0.39, 0.29) is 12.2 Å². The zero-order valence-corrected chi connectivity index (χ0v) is 22.3. The number of carbonyl (C=O) groups is 1. The maximum absolute atomic E-state index is 12.1. The molecule has 228 valence electrons. The molecule has 16 nitrogen and oxygen atoms in total. The van der Waals surface area contributed by atoms with Crippen molar-refractivity contribution in [3.8, 4) is 0 Å². The Bertz CT molecular complexity index is 1260. The molecule has 20 heteroatoms. The molecule has 41 heavy (non-hydrogen) atoms. The van der Waals surface area contributed by atoms with E-state index < -0.39 is 51.1 Å². The summed E-state index contributed by atoms with van der Waals surface area (Å²) >= 11 is 0. The fraction of sp³-hybridized carbons (Fsp3) is 0.571. The molecule has 0 bridgehead atoms. The molecule has 4 atom stereocenters. The van der Waals surface area contributed by atoms with Crippen molar-refractivity contribution in [3.63, 3.8) is 0 Å². The fourth-order valence-electron chi connectivity index (χ4n) is 3.76. The van der Waals surface area contributed by atoms with Gasteiger partial charge in [-0.3, -0.25) is 13.9 Å². The number of hydrogen-bond donors (Lipinski definition) is 7. The van der Waals surface area contributed by atoms with E-state index >= 15 is 0 Å². The van der Waals surface area contributed by atoms with E-state index in [0.717, 1.165) is 0 Å². The maximum atomic E-state index is 12.1. The van der Waals surface area contributed by atoms with E-state index in [2.05, 4.69) is 34.8 Å². The van der Waals surface area contributed by atoms with Crippen LogP contribution in [-0.2, 0) is 18.6 Å². The van der Waals surface area contributed by atoms with Crippen molar-refractivity contribution in [2.24, 2.45) is 0 Å². The Kier molecular flexibility index (Phi) is 11.5. The van der Waals surface area contributed by atoms with Crippen LogP contribution in [0, 0.1) is 0 Å². The number of alkyl halides is 3. The van der Waals surface area contributed by atoms with E-state index in [1.54, 1.807) is 18.7 Å². The molecule has 3 aromatic rings. The number of amides is 1. The molecule has 0 spiro atoms. The summed E-state index contributed by atoms with van der Waals surface area (Å²) in [6.45, 7) is -0.245. The number of aromatic nitrogens is 6. The predicted octanol–water partition coefficient (Wildman–Crippen LogP) is 0.615. The number of aliphatic hydroxyl groups is 2. The summed E-state index contributed by atoms with van der Waals surface area (Å²) in [7, 11) is -4.80. The van der Waals surface area contributed by atoms with Gasteiger partial charge in [-0.15, -0.1) is 0 Å². The number of carbonyl (C=O) groups excluding carboxylic acids is 1. The topological polar surface area (TPSA) is 230 Å². The van der Waals surface area contributed by atoms with Gasteiger partial charge in [0.05, 0.1) is 19.3 Å². The molecule has 1 amide bonds. The molecule has 0 aromatic carbocycles. The second kappa shape index (κ2) is 14.6. The minimum Gasteiger partial charge on any atom is -0.387 e. The molecule has 1 aliphatic heterocycles. The van der Waals surface area contributed by atoms with Crippen LogP contribution < -0.4 is 10.6 Å². The molecule has 4 heterocycles. The van der Waals surface area contributed by atoms with Crippen molar-refractivity contribution in [3.05, 3.63) is 31.4 Å². The van der Waals surface area contributed by atoms with Crippen LogP contribution in [0.15, 0.2) is 31.4 Å². The lowest BCUT2D eigenvalue weighted by Gasteiger charge is -2.16. The summed E-state index contributed by atoms with van der Waals surface area (Å²) in [5.74, 6) is -1.57. The number of hydrogen-bond acceptors (Lipinski definition) is 11. The van der Waals surface area contributed by atoms with Crippen LogP contribution in [-0.4, -0.2) is 99.6 Å². The number of nitrogens with one attached hydrogen (secondary N) is 3. The van der Waals surface area contributed by atoms with Gasteiger partial charge in [-0.25, -0.2) is 24.5 Å². The third-order valence-electron chi connectivity index (χ3n) is 5.72. The minimum atomic E-state index is -4.89. The van der Waals surface area contributed by atoms with Crippen LogP contribution in [0.2, 0.25) is 0 Å². The Morgan fingerprint density at radius 2 is 1.85 bits per heavy atom. The number of phosphoric ester groups is 1. The van der Waals surface area contributed by atoms with Gasteiger partial charge in [0.25, 0.3) is 0 Å². The number of ether oxygens (including phenoxy) is 1. The first-order valence-electron chi connectivity index (χ1n) is 12.3. The fourth-order valence-corrected chi connectivity index (χ4v) is 4.10. The van der Waals surface area contributed by atoms with Gasteiger partial charge in [-0.2, -0.15) is 13.2 Å². The van der Waals surface area contributed by atoms with E-state index in [0.29, 0.717) is 43.6 Å². The lowest BCUT2D eigenvalue weighted by atomic mass is 10.1. The Morgan fingerprint density at radius 3 is 2.46 bits per heavy atom. The van der Waals surface area contributed by atoms with Crippen LogP contribution in [0.1, 0.15) is 31.9 Å². The number of unbranched alkanes of at least 4 members (excludes halogenated alkanes) is 3.